The fourth-order valence-corrected chi connectivity index (χ4v) is 1.77. The number of carbonyl (C=O) groups is 1. The van der Waals surface area contributed by atoms with Gasteiger partial charge in [0.2, 0.25) is 0 Å². The van der Waals surface area contributed by atoms with Crippen LogP contribution < -0.4 is 16.2 Å². The molecule has 1 heterocycles. The van der Waals surface area contributed by atoms with Crippen LogP contribution in [0.5, 0.6) is 5.75 Å². The number of rotatable bonds is 5. The van der Waals surface area contributed by atoms with Crippen LogP contribution in [-0.4, -0.2) is 27.0 Å². The Morgan fingerprint density at radius 3 is 2.80 bits per heavy atom. The van der Waals surface area contributed by atoms with Crippen LogP contribution in [0.15, 0.2) is 24.3 Å². The summed E-state index contributed by atoms with van der Waals surface area (Å²) >= 11 is 0. The van der Waals surface area contributed by atoms with Gasteiger partial charge in [0, 0.05) is 0 Å². The van der Waals surface area contributed by atoms with Crippen molar-refractivity contribution in [3.05, 3.63) is 35.5 Å². The molecule has 4 N–H and O–H groups in total. The number of hydrogen-bond acceptors (Lipinski definition) is 5. The number of anilines is 1. The molecule has 0 bridgehead atoms. The second-order valence-electron chi connectivity index (χ2n) is 4.66. The Bertz CT molecular complexity index is 621. The molecule has 0 aliphatic heterocycles. The topological polar surface area (TPSA) is 109 Å². The van der Waals surface area contributed by atoms with Gasteiger partial charge in [0.25, 0.3) is 5.91 Å². The molecule has 1 aromatic heterocycles. The Morgan fingerprint density at radius 2 is 2.20 bits per heavy atom. The first kappa shape index (κ1) is 13.9. The lowest BCUT2D eigenvalue weighted by molar-refractivity contribution is 0.0996. The zero-order valence-electron chi connectivity index (χ0n) is 11.4. The second kappa shape index (κ2) is 5.60. The highest BCUT2D eigenvalue weighted by Gasteiger charge is 2.14. The van der Waals surface area contributed by atoms with Crippen LogP contribution in [0, 0.1) is 0 Å². The van der Waals surface area contributed by atoms with E-state index in [2.05, 4.69) is 10.3 Å². The maximum absolute atomic E-state index is 11.1. The molecule has 7 nitrogen and oxygen atoms in total. The smallest absolute Gasteiger partial charge is 0.273 e. The third-order valence-corrected chi connectivity index (χ3v) is 2.61. The van der Waals surface area contributed by atoms with Gasteiger partial charge in [0.05, 0.1) is 12.6 Å². The first-order chi connectivity index (χ1) is 9.47. The molecule has 1 aromatic carbocycles. The number of nitrogens with two attached hydrogens (primary N) is 2. The molecule has 0 aliphatic carbocycles. The van der Waals surface area contributed by atoms with E-state index in [1.165, 1.54) is 4.68 Å². The van der Waals surface area contributed by atoms with Gasteiger partial charge >= 0.3 is 0 Å². The summed E-state index contributed by atoms with van der Waals surface area (Å²) in [6, 6.07) is 7.57. The Hall–Kier alpha value is -2.57. The highest BCUT2D eigenvalue weighted by molar-refractivity contribution is 5.94. The van der Waals surface area contributed by atoms with Gasteiger partial charge in [0.1, 0.15) is 5.75 Å². The highest BCUT2D eigenvalue weighted by Crippen LogP contribution is 2.17. The van der Waals surface area contributed by atoms with Gasteiger partial charge in [-0.3, -0.25) is 4.79 Å². The van der Waals surface area contributed by atoms with Gasteiger partial charge in [-0.05, 0) is 31.5 Å². The van der Waals surface area contributed by atoms with E-state index in [0.29, 0.717) is 6.54 Å². The van der Waals surface area contributed by atoms with E-state index >= 15 is 0 Å². The molecule has 0 atom stereocenters. The maximum atomic E-state index is 11.1. The first-order valence-electron chi connectivity index (χ1n) is 6.21. The normalized spacial score (nSPS) is 10.8. The van der Waals surface area contributed by atoms with Crippen molar-refractivity contribution in [2.45, 2.75) is 26.5 Å². The zero-order chi connectivity index (χ0) is 14.7. The molecule has 0 saturated carbocycles. The minimum absolute atomic E-state index is 0.0143. The van der Waals surface area contributed by atoms with Crippen LogP contribution in [0.2, 0.25) is 0 Å². The third kappa shape index (κ3) is 3.05. The van der Waals surface area contributed by atoms with Gasteiger partial charge in [-0.25, -0.2) is 4.68 Å². The van der Waals surface area contributed by atoms with Crippen LogP contribution in [0.1, 0.15) is 29.9 Å². The molecule has 20 heavy (non-hydrogen) atoms. The number of carbonyl (C=O) groups excluding carboxylic acids is 1. The molecule has 0 unspecified atom stereocenters. The summed E-state index contributed by atoms with van der Waals surface area (Å²) in [7, 11) is 0. The summed E-state index contributed by atoms with van der Waals surface area (Å²) in [6.45, 7) is 4.31. The van der Waals surface area contributed by atoms with Crippen molar-refractivity contribution < 1.29 is 9.53 Å². The van der Waals surface area contributed by atoms with Gasteiger partial charge in [-0.1, -0.05) is 17.3 Å². The molecule has 0 fully saturated rings. The lowest BCUT2D eigenvalue weighted by atomic mass is 10.2. The van der Waals surface area contributed by atoms with Gasteiger partial charge in [-0.2, -0.15) is 0 Å². The van der Waals surface area contributed by atoms with Crippen molar-refractivity contribution in [1.82, 2.24) is 15.0 Å². The summed E-state index contributed by atoms with van der Waals surface area (Å²) in [5.74, 6) is 0.240. The third-order valence-electron chi connectivity index (χ3n) is 2.61. The molecule has 0 spiro atoms. The lowest BCUT2D eigenvalue weighted by Crippen LogP contribution is -2.15. The number of hydrogen-bond donors (Lipinski definition) is 2. The standard InChI is InChI=1S/C13H17N5O2/c1-8(2)20-10-5-3-4-9(6-10)7-18-12(14)11(13(15)19)16-17-18/h3-6,8H,7,14H2,1-2H3,(H2,15,19). The minimum Gasteiger partial charge on any atom is -0.491 e. The van der Waals surface area contributed by atoms with Crippen LogP contribution in [0.25, 0.3) is 0 Å². The second-order valence-corrected chi connectivity index (χ2v) is 4.66. The van der Waals surface area contributed by atoms with E-state index in [4.69, 9.17) is 16.2 Å². The SMILES string of the molecule is CC(C)Oc1cccc(Cn2nnc(C(N)=O)c2N)c1. The highest BCUT2D eigenvalue weighted by atomic mass is 16.5. The van der Waals surface area contributed by atoms with E-state index in [1.54, 1.807) is 0 Å². The number of benzene rings is 1. The van der Waals surface area contributed by atoms with E-state index in [-0.39, 0.29) is 17.6 Å². The van der Waals surface area contributed by atoms with E-state index in [9.17, 15) is 4.79 Å². The minimum atomic E-state index is -0.689. The summed E-state index contributed by atoms with van der Waals surface area (Å²) < 4.78 is 7.04. The van der Waals surface area contributed by atoms with Crippen molar-refractivity contribution in [2.24, 2.45) is 5.73 Å². The predicted molar refractivity (Wildman–Crippen MR) is 74.3 cm³/mol. The summed E-state index contributed by atoms with van der Waals surface area (Å²) in [5, 5.41) is 7.49. The van der Waals surface area contributed by atoms with Crippen LogP contribution in [0.3, 0.4) is 0 Å². The summed E-state index contributed by atoms with van der Waals surface area (Å²) in [4.78, 5) is 11.1. The quantitative estimate of drug-likeness (QED) is 0.838. The number of aromatic nitrogens is 3. The van der Waals surface area contributed by atoms with Crippen LogP contribution >= 0.6 is 0 Å². The molecule has 7 heteroatoms. The molecule has 1 amide bonds. The fraction of sp³-hybridized carbons (Fsp3) is 0.308. The predicted octanol–water partition coefficient (Wildman–Crippen LogP) is 0.795. The largest absolute Gasteiger partial charge is 0.491 e. The first-order valence-corrected chi connectivity index (χ1v) is 6.21. The molecule has 0 aliphatic rings. The fourth-order valence-electron chi connectivity index (χ4n) is 1.77. The van der Waals surface area contributed by atoms with Crippen molar-refractivity contribution >= 4 is 11.7 Å². The zero-order valence-corrected chi connectivity index (χ0v) is 11.4. The number of primary amides is 1. The Morgan fingerprint density at radius 1 is 1.45 bits per heavy atom. The molecular weight excluding hydrogens is 258 g/mol. The monoisotopic (exact) mass is 275 g/mol. The number of nitrogens with zero attached hydrogens (tertiary/aromatic N) is 3. The Balaban J connectivity index is 2.20. The van der Waals surface area contributed by atoms with Crippen LogP contribution in [-0.2, 0) is 6.54 Å². The molecule has 0 saturated heterocycles. The number of amides is 1. The molecule has 2 aromatic rings. The van der Waals surface area contributed by atoms with Crippen molar-refractivity contribution in [1.29, 1.82) is 0 Å². The molecular formula is C13H17N5O2. The van der Waals surface area contributed by atoms with Crippen molar-refractivity contribution in [2.75, 3.05) is 5.73 Å². The Kier molecular flexibility index (Phi) is 3.88. The molecule has 2 rings (SSSR count). The molecule has 0 radical (unpaired) electrons. The number of nitrogen functional groups attached to an aromatic ring is 1. The average molecular weight is 275 g/mol. The van der Waals surface area contributed by atoms with Crippen LogP contribution in [0.4, 0.5) is 5.82 Å². The average Bonchev–Trinajstić information content (AvgIpc) is 2.71. The Labute approximate surface area is 116 Å². The maximum Gasteiger partial charge on any atom is 0.273 e. The summed E-state index contributed by atoms with van der Waals surface area (Å²) in [6.07, 6.45) is 0.100. The summed E-state index contributed by atoms with van der Waals surface area (Å²) in [5.41, 5.74) is 11.8. The van der Waals surface area contributed by atoms with E-state index in [1.807, 2.05) is 38.1 Å². The van der Waals surface area contributed by atoms with Crippen molar-refractivity contribution in [3.63, 3.8) is 0 Å². The number of ether oxygens (including phenoxy) is 1. The van der Waals surface area contributed by atoms with E-state index in [0.717, 1.165) is 11.3 Å². The molecule has 106 valence electrons. The van der Waals surface area contributed by atoms with Gasteiger partial charge in [-0.15, -0.1) is 5.10 Å². The van der Waals surface area contributed by atoms with E-state index < -0.39 is 5.91 Å². The lowest BCUT2D eigenvalue weighted by Gasteiger charge is -2.11. The van der Waals surface area contributed by atoms with Gasteiger partial charge < -0.3 is 16.2 Å². The van der Waals surface area contributed by atoms with Crippen molar-refractivity contribution in [3.8, 4) is 5.75 Å². The van der Waals surface area contributed by atoms with Gasteiger partial charge in [0.15, 0.2) is 11.5 Å².